The van der Waals surface area contributed by atoms with Crippen LogP contribution in [0.4, 0.5) is 0 Å². The van der Waals surface area contributed by atoms with Gasteiger partial charge < -0.3 is 0 Å². The van der Waals surface area contributed by atoms with Gasteiger partial charge in [0.1, 0.15) is 0 Å². The number of nitrogens with zero attached hydrogens (tertiary/aromatic N) is 1. The van der Waals surface area contributed by atoms with Crippen LogP contribution in [0.25, 0.3) is 0 Å². The summed E-state index contributed by atoms with van der Waals surface area (Å²) in [7, 11) is -3.44. The van der Waals surface area contributed by atoms with Crippen molar-refractivity contribution in [2.24, 2.45) is 0 Å². The molecule has 21 heavy (non-hydrogen) atoms. The first-order chi connectivity index (χ1) is 10.1. The smallest absolute Gasteiger partial charge is 0.207 e. The molecule has 0 N–H and O–H groups in total. The van der Waals surface area contributed by atoms with Gasteiger partial charge in [-0.2, -0.15) is 4.31 Å². The average Bonchev–Trinajstić information content (AvgIpc) is 3.31. The van der Waals surface area contributed by atoms with Crippen LogP contribution in [0.1, 0.15) is 18.4 Å². The Morgan fingerprint density at radius 3 is 2.19 bits per heavy atom. The molecule has 3 rings (SSSR count). The third-order valence-corrected chi connectivity index (χ3v) is 6.00. The van der Waals surface area contributed by atoms with Crippen LogP contribution in [0.3, 0.4) is 0 Å². The summed E-state index contributed by atoms with van der Waals surface area (Å²) in [5.41, 5.74) is 1.02. The van der Waals surface area contributed by atoms with Crippen LogP contribution >= 0.6 is 15.9 Å². The second-order valence-corrected chi connectivity index (χ2v) is 8.03. The van der Waals surface area contributed by atoms with Crippen molar-refractivity contribution < 1.29 is 8.42 Å². The highest BCUT2D eigenvalue weighted by atomic mass is 79.9. The maximum atomic E-state index is 12.8. The Bertz CT molecular complexity index is 710. The van der Waals surface area contributed by atoms with E-state index >= 15 is 0 Å². The van der Waals surface area contributed by atoms with E-state index in [1.807, 2.05) is 30.3 Å². The van der Waals surface area contributed by atoms with E-state index in [0.717, 1.165) is 22.9 Å². The Morgan fingerprint density at radius 1 is 1.00 bits per heavy atom. The summed E-state index contributed by atoms with van der Waals surface area (Å²) >= 11 is 3.34. The van der Waals surface area contributed by atoms with Crippen molar-refractivity contribution in [2.45, 2.75) is 30.3 Å². The normalized spacial score (nSPS) is 15.3. The van der Waals surface area contributed by atoms with Crippen molar-refractivity contribution in [3.63, 3.8) is 0 Å². The first-order valence-corrected chi connectivity index (χ1v) is 9.12. The molecule has 0 atom stereocenters. The summed E-state index contributed by atoms with van der Waals surface area (Å²) in [6.07, 6.45) is 1.89. The topological polar surface area (TPSA) is 37.4 Å². The zero-order valence-corrected chi connectivity index (χ0v) is 13.8. The Morgan fingerprint density at radius 2 is 1.62 bits per heavy atom. The van der Waals surface area contributed by atoms with Gasteiger partial charge in [-0.15, -0.1) is 0 Å². The zero-order valence-electron chi connectivity index (χ0n) is 11.4. The predicted octanol–water partition coefficient (Wildman–Crippen LogP) is 3.80. The SMILES string of the molecule is O=S(=O)(c1ccc(Br)cc1)N(Cc1ccccc1)C1CC1. The summed E-state index contributed by atoms with van der Waals surface area (Å²) in [4.78, 5) is 0.355. The largest absolute Gasteiger partial charge is 0.243 e. The third kappa shape index (κ3) is 3.36. The molecule has 5 heteroatoms. The van der Waals surface area contributed by atoms with Crippen LogP contribution in [0.2, 0.25) is 0 Å². The molecule has 0 bridgehead atoms. The van der Waals surface area contributed by atoms with E-state index in [1.165, 1.54) is 0 Å². The molecule has 1 saturated carbocycles. The molecule has 0 aliphatic heterocycles. The van der Waals surface area contributed by atoms with Gasteiger partial charge >= 0.3 is 0 Å². The lowest BCUT2D eigenvalue weighted by Gasteiger charge is -2.22. The molecule has 0 unspecified atom stereocenters. The fourth-order valence-corrected chi connectivity index (χ4v) is 4.22. The maximum Gasteiger partial charge on any atom is 0.243 e. The molecule has 0 spiro atoms. The van der Waals surface area contributed by atoms with Crippen LogP contribution in [-0.2, 0) is 16.6 Å². The first kappa shape index (κ1) is 14.8. The van der Waals surface area contributed by atoms with Crippen molar-refractivity contribution >= 4 is 26.0 Å². The number of hydrogen-bond acceptors (Lipinski definition) is 2. The second kappa shape index (κ2) is 5.91. The summed E-state index contributed by atoms with van der Waals surface area (Å²) in [6.45, 7) is 0.434. The summed E-state index contributed by atoms with van der Waals surface area (Å²) in [5.74, 6) is 0. The summed E-state index contributed by atoms with van der Waals surface area (Å²) < 4.78 is 28.2. The predicted molar refractivity (Wildman–Crippen MR) is 86.3 cm³/mol. The molecule has 0 aromatic heterocycles. The van der Waals surface area contributed by atoms with Crippen LogP contribution in [0.5, 0.6) is 0 Å². The van der Waals surface area contributed by atoms with Crippen molar-refractivity contribution in [2.75, 3.05) is 0 Å². The van der Waals surface area contributed by atoms with Gasteiger partial charge in [-0.05, 0) is 42.7 Å². The number of sulfonamides is 1. The molecular formula is C16H16BrNO2S. The van der Waals surface area contributed by atoms with Gasteiger partial charge in [0.05, 0.1) is 4.90 Å². The van der Waals surface area contributed by atoms with E-state index in [4.69, 9.17) is 0 Å². The van der Waals surface area contributed by atoms with E-state index in [0.29, 0.717) is 11.4 Å². The van der Waals surface area contributed by atoms with Crippen molar-refractivity contribution in [3.8, 4) is 0 Å². The Hall–Kier alpha value is -1.17. The molecule has 1 aliphatic carbocycles. The monoisotopic (exact) mass is 365 g/mol. The van der Waals surface area contributed by atoms with E-state index in [9.17, 15) is 8.42 Å². The van der Waals surface area contributed by atoms with Gasteiger partial charge in [0.25, 0.3) is 0 Å². The van der Waals surface area contributed by atoms with Gasteiger partial charge in [0, 0.05) is 17.1 Å². The standard InChI is InChI=1S/C16H16BrNO2S/c17-14-6-10-16(11-7-14)21(19,20)18(15-8-9-15)12-13-4-2-1-3-5-13/h1-7,10-11,15H,8-9,12H2. The minimum Gasteiger partial charge on any atom is -0.207 e. The van der Waals surface area contributed by atoms with Gasteiger partial charge in [-0.1, -0.05) is 46.3 Å². The molecule has 2 aromatic rings. The van der Waals surface area contributed by atoms with Gasteiger partial charge in [-0.3, -0.25) is 0 Å². The molecule has 110 valence electrons. The number of benzene rings is 2. The molecule has 0 heterocycles. The van der Waals surface area contributed by atoms with Crippen molar-refractivity contribution in [1.29, 1.82) is 0 Å². The van der Waals surface area contributed by atoms with E-state index in [-0.39, 0.29) is 6.04 Å². The molecule has 0 saturated heterocycles. The van der Waals surface area contributed by atoms with Crippen LogP contribution < -0.4 is 0 Å². The summed E-state index contributed by atoms with van der Waals surface area (Å²) in [5, 5.41) is 0. The Labute approximate surface area is 133 Å². The number of hydrogen-bond donors (Lipinski definition) is 0. The molecule has 0 radical (unpaired) electrons. The Kier molecular flexibility index (Phi) is 4.15. The van der Waals surface area contributed by atoms with E-state index in [2.05, 4.69) is 15.9 Å². The molecule has 3 nitrogen and oxygen atoms in total. The molecule has 0 amide bonds. The van der Waals surface area contributed by atoms with E-state index < -0.39 is 10.0 Å². The fourth-order valence-electron chi connectivity index (χ4n) is 2.28. The van der Waals surface area contributed by atoms with Gasteiger partial charge in [0.2, 0.25) is 10.0 Å². The highest BCUT2D eigenvalue weighted by Crippen LogP contribution is 2.33. The molecule has 1 aliphatic rings. The molecular weight excluding hydrogens is 350 g/mol. The highest BCUT2D eigenvalue weighted by molar-refractivity contribution is 9.10. The quantitative estimate of drug-likeness (QED) is 0.807. The summed E-state index contributed by atoms with van der Waals surface area (Å²) in [6, 6.07) is 16.7. The second-order valence-electron chi connectivity index (χ2n) is 5.22. The minimum absolute atomic E-state index is 0.138. The van der Waals surface area contributed by atoms with Crippen molar-refractivity contribution in [3.05, 3.63) is 64.6 Å². The minimum atomic E-state index is -3.44. The lowest BCUT2D eigenvalue weighted by Crippen LogP contribution is -2.32. The molecule has 1 fully saturated rings. The van der Waals surface area contributed by atoms with Crippen molar-refractivity contribution in [1.82, 2.24) is 4.31 Å². The number of rotatable bonds is 5. The highest BCUT2D eigenvalue weighted by Gasteiger charge is 2.37. The lowest BCUT2D eigenvalue weighted by atomic mass is 10.2. The van der Waals surface area contributed by atoms with Crippen LogP contribution in [-0.4, -0.2) is 18.8 Å². The third-order valence-electron chi connectivity index (χ3n) is 3.56. The van der Waals surface area contributed by atoms with Crippen LogP contribution in [0, 0.1) is 0 Å². The van der Waals surface area contributed by atoms with Gasteiger partial charge in [-0.25, -0.2) is 8.42 Å². The Balaban J connectivity index is 1.91. The maximum absolute atomic E-state index is 12.8. The first-order valence-electron chi connectivity index (χ1n) is 6.89. The van der Waals surface area contributed by atoms with E-state index in [1.54, 1.807) is 28.6 Å². The van der Waals surface area contributed by atoms with Crippen LogP contribution in [0.15, 0.2) is 64.0 Å². The fraction of sp³-hybridized carbons (Fsp3) is 0.250. The average molecular weight is 366 g/mol. The lowest BCUT2D eigenvalue weighted by molar-refractivity contribution is 0.398. The number of halogens is 1. The molecule has 2 aromatic carbocycles. The van der Waals surface area contributed by atoms with Gasteiger partial charge in [0.15, 0.2) is 0 Å². The zero-order chi connectivity index (χ0) is 14.9.